The Hall–Kier alpha value is -2.25. The van der Waals surface area contributed by atoms with Crippen molar-refractivity contribution < 1.29 is 9.53 Å². The SMILES string of the molecule is CCOCc1ccc(C(=O)N2CCn3c(nnc3[C@H]3CCCN3)C2)cc1. The Morgan fingerprint density at radius 3 is 2.85 bits per heavy atom. The van der Waals surface area contributed by atoms with Crippen LogP contribution in [0.2, 0.25) is 0 Å². The van der Waals surface area contributed by atoms with Gasteiger partial charge in [-0.15, -0.1) is 10.2 Å². The van der Waals surface area contributed by atoms with E-state index in [4.69, 9.17) is 4.74 Å². The van der Waals surface area contributed by atoms with Gasteiger partial charge in [-0.2, -0.15) is 0 Å². The molecule has 7 heteroatoms. The largest absolute Gasteiger partial charge is 0.377 e. The maximum Gasteiger partial charge on any atom is 0.254 e. The summed E-state index contributed by atoms with van der Waals surface area (Å²) in [5.74, 6) is 1.94. The number of benzene rings is 1. The third kappa shape index (κ3) is 3.37. The van der Waals surface area contributed by atoms with Gasteiger partial charge in [0.2, 0.25) is 0 Å². The molecule has 0 aliphatic carbocycles. The monoisotopic (exact) mass is 355 g/mol. The van der Waals surface area contributed by atoms with Gasteiger partial charge in [-0.3, -0.25) is 4.79 Å². The van der Waals surface area contributed by atoms with Crippen molar-refractivity contribution in [1.29, 1.82) is 0 Å². The number of amides is 1. The zero-order valence-corrected chi connectivity index (χ0v) is 15.1. The number of hydrogen-bond donors (Lipinski definition) is 1. The third-order valence-corrected chi connectivity index (χ3v) is 5.11. The van der Waals surface area contributed by atoms with Crippen LogP contribution in [0.4, 0.5) is 0 Å². The van der Waals surface area contributed by atoms with E-state index < -0.39 is 0 Å². The number of rotatable bonds is 5. The molecule has 0 bridgehead atoms. The summed E-state index contributed by atoms with van der Waals surface area (Å²) in [5, 5.41) is 12.2. The van der Waals surface area contributed by atoms with Crippen molar-refractivity contribution in [2.75, 3.05) is 19.7 Å². The van der Waals surface area contributed by atoms with E-state index in [0.29, 0.717) is 37.9 Å². The first-order valence-corrected chi connectivity index (χ1v) is 9.37. The number of nitrogens with one attached hydrogen (secondary N) is 1. The van der Waals surface area contributed by atoms with Crippen molar-refractivity contribution in [3.05, 3.63) is 47.0 Å². The minimum Gasteiger partial charge on any atom is -0.377 e. The first kappa shape index (κ1) is 17.2. The second kappa shape index (κ2) is 7.55. The number of ether oxygens (including phenoxy) is 1. The van der Waals surface area contributed by atoms with Gasteiger partial charge in [0.15, 0.2) is 5.82 Å². The lowest BCUT2D eigenvalue weighted by Crippen LogP contribution is -2.39. The maximum atomic E-state index is 12.8. The van der Waals surface area contributed by atoms with Crippen molar-refractivity contribution in [2.45, 2.75) is 45.5 Å². The van der Waals surface area contributed by atoms with E-state index >= 15 is 0 Å². The average molecular weight is 355 g/mol. The fourth-order valence-corrected chi connectivity index (χ4v) is 3.66. The molecule has 0 radical (unpaired) electrons. The number of carbonyl (C=O) groups excluding carboxylic acids is 1. The van der Waals surface area contributed by atoms with Gasteiger partial charge in [0.05, 0.1) is 19.2 Å². The molecule has 4 rings (SSSR count). The highest BCUT2D eigenvalue weighted by Crippen LogP contribution is 2.24. The van der Waals surface area contributed by atoms with Gasteiger partial charge in [0.25, 0.3) is 5.91 Å². The molecule has 1 atom stereocenters. The summed E-state index contributed by atoms with van der Waals surface area (Å²) in [7, 11) is 0. The molecule has 1 aromatic heterocycles. The summed E-state index contributed by atoms with van der Waals surface area (Å²) in [6, 6.07) is 7.98. The Bertz CT molecular complexity index is 765. The van der Waals surface area contributed by atoms with E-state index in [1.54, 1.807) is 0 Å². The van der Waals surface area contributed by atoms with E-state index in [2.05, 4.69) is 20.1 Å². The van der Waals surface area contributed by atoms with Crippen LogP contribution in [0.15, 0.2) is 24.3 Å². The smallest absolute Gasteiger partial charge is 0.254 e. The molecular weight excluding hydrogens is 330 g/mol. The molecule has 1 saturated heterocycles. The summed E-state index contributed by atoms with van der Waals surface area (Å²) in [4.78, 5) is 14.7. The molecule has 0 saturated carbocycles. The summed E-state index contributed by atoms with van der Waals surface area (Å²) < 4.78 is 7.58. The van der Waals surface area contributed by atoms with E-state index in [-0.39, 0.29) is 5.91 Å². The summed E-state index contributed by atoms with van der Waals surface area (Å²) in [6.07, 6.45) is 2.28. The number of hydrogen-bond acceptors (Lipinski definition) is 5. The lowest BCUT2D eigenvalue weighted by atomic mass is 10.1. The number of carbonyl (C=O) groups is 1. The van der Waals surface area contributed by atoms with E-state index in [1.807, 2.05) is 36.1 Å². The Labute approximate surface area is 153 Å². The van der Waals surface area contributed by atoms with Crippen LogP contribution in [0.3, 0.4) is 0 Å². The maximum absolute atomic E-state index is 12.8. The van der Waals surface area contributed by atoms with Crippen LogP contribution in [0, 0.1) is 0 Å². The van der Waals surface area contributed by atoms with Crippen molar-refractivity contribution in [1.82, 2.24) is 25.0 Å². The van der Waals surface area contributed by atoms with Gasteiger partial charge in [-0.25, -0.2) is 0 Å². The summed E-state index contributed by atoms with van der Waals surface area (Å²) >= 11 is 0. The number of fused-ring (bicyclic) bond motifs is 1. The molecule has 1 N–H and O–H groups in total. The lowest BCUT2D eigenvalue weighted by Gasteiger charge is -2.28. The van der Waals surface area contributed by atoms with Crippen LogP contribution in [0.5, 0.6) is 0 Å². The second-order valence-electron chi connectivity index (χ2n) is 6.84. The van der Waals surface area contributed by atoms with Crippen molar-refractivity contribution in [3.8, 4) is 0 Å². The van der Waals surface area contributed by atoms with E-state index in [9.17, 15) is 4.79 Å². The molecule has 2 aliphatic rings. The van der Waals surface area contributed by atoms with Crippen molar-refractivity contribution in [2.24, 2.45) is 0 Å². The quantitative estimate of drug-likeness (QED) is 0.887. The first-order valence-electron chi connectivity index (χ1n) is 9.37. The molecule has 1 aromatic carbocycles. The highest BCUT2D eigenvalue weighted by atomic mass is 16.5. The Morgan fingerprint density at radius 1 is 1.27 bits per heavy atom. The van der Waals surface area contributed by atoms with Gasteiger partial charge >= 0.3 is 0 Å². The number of nitrogens with zero attached hydrogens (tertiary/aromatic N) is 4. The topological polar surface area (TPSA) is 72.3 Å². The van der Waals surface area contributed by atoms with Crippen LogP contribution in [0.1, 0.15) is 53.4 Å². The van der Waals surface area contributed by atoms with Crippen LogP contribution >= 0.6 is 0 Å². The Morgan fingerprint density at radius 2 is 2.12 bits per heavy atom. The summed E-state index contributed by atoms with van der Waals surface area (Å²) in [5.41, 5.74) is 1.78. The fourth-order valence-electron chi connectivity index (χ4n) is 3.66. The minimum atomic E-state index is 0.0442. The highest BCUT2D eigenvalue weighted by molar-refractivity contribution is 5.94. The van der Waals surface area contributed by atoms with Gasteiger partial charge in [-0.1, -0.05) is 12.1 Å². The van der Waals surface area contributed by atoms with E-state index in [1.165, 1.54) is 6.42 Å². The predicted molar refractivity (Wildman–Crippen MR) is 96.5 cm³/mol. The second-order valence-corrected chi connectivity index (χ2v) is 6.84. The molecule has 3 heterocycles. The predicted octanol–water partition coefficient (Wildman–Crippen LogP) is 1.90. The van der Waals surface area contributed by atoms with Gasteiger partial charge in [0.1, 0.15) is 5.82 Å². The summed E-state index contributed by atoms with van der Waals surface area (Å²) in [6.45, 7) is 6.23. The Balaban J connectivity index is 1.44. The van der Waals surface area contributed by atoms with Crippen LogP contribution in [-0.4, -0.2) is 45.3 Å². The third-order valence-electron chi connectivity index (χ3n) is 5.11. The lowest BCUT2D eigenvalue weighted by molar-refractivity contribution is 0.0705. The van der Waals surface area contributed by atoms with Crippen LogP contribution in [-0.2, 0) is 24.4 Å². The standard InChI is InChI=1S/C19H25N5O2/c1-2-26-13-14-5-7-15(8-6-14)19(25)23-10-11-24-17(12-23)21-22-18(24)16-4-3-9-20-16/h5-8,16,20H,2-4,9-13H2,1H3/t16-/m1/s1. The molecular formula is C19H25N5O2. The normalized spacial score (nSPS) is 19.6. The number of aromatic nitrogens is 3. The van der Waals surface area contributed by atoms with E-state index in [0.717, 1.165) is 36.7 Å². The molecule has 138 valence electrons. The fraction of sp³-hybridized carbons (Fsp3) is 0.526. The Kier molecular flexibility index (Phi) is 4.99. The van der Waals surface area contributed by atoms with Crippen LogP contribution < -0.4 is 5.32 Å². The minimum absolute atomic E-state index is 0.0442. The highest BCUT2D eigenvalue weighted by Gasteiger charge is 2.29. The molecule has 26 heavy (non-hydrogen) atoms. The van der Waals surface area contributed by atoms with Gasteiger partial charge in [-0.05, 0) is 44.0 Å². The molecule has 2 aliphatic heterocycles. The van der Waals surface area contributed by atoms with Gasteiger partial charge < -0.3 is 19.5 Å². The molecule has 1 fully saturated rings. The zero-order chi connectivity index (χ0) is 17.9. The first-order chi connectivity index (χ1) is 12.8. The molecule has 1 amide bonds. The molecule has 7 nitrogen and oxygen atoms in total. The van der Waals surface area contributed by atoms with Crippen molar-refractivity contribution in [3.63, 3.8) is 0 Å². The molecule has 2 aromatic rings. The zero-order valence-electron chi connectivity index (χ0n) is 15.1. The van der Waals surface area contributed by atoms with Crippen molar-refractivity contribution >= 4 is 5.91 Å². The molecule has 0 spiro atoms. The average Bonchev–Trinajstić information content (AvgIpc) is 3.35. The molecule has 0 unspecified atom stereocenters. The van der Waals surface area contributed by atoms with Crippen LogP contribution in [0.25, 0.3) is 0 Å². The van der Waals surface area contributed by atoms with Gasteiger partial charge in [0, 0.05) is 25.3 Å².